The molecule has 1 amide bonds. The molecule has 0 unspecified atom stereocenters. The summed E-state index contributed by atoms with van der Waals surface area (Å²) in [6, 6.07) is 5.52. The van der Waals surface area contributed by atoms with Crippen molar-refractivity contribution in [2.24, 2.45) is 5.41 Å². The molecule has 1 saturated heterocycles. The average Bonchev–Trinajstić information content (AvgIpc) is 2.65. The Morgan fingerprint density at radius 2 is 2.11 bits per heavy atom. The Labute approximate surface area is 167 Å². The SMILES string of the molecule is CC1(CNC(=O)O)CCN(c2cnc(Sc3cccc(N)c3Cl)cn2)CC1. The third-order valence-corrected chi connectivity index (χ3v) is 6.30. The molecule has 3 rings (SSSR count). The molecule has 0 radical (unpaired) electrons. The number of benzene rings is 1. The monoisotopic (exact) mass is 407 g/mol. The van der Waals surface area contributed by atoms with Crippen LogP contribution >= 0.6 is 23.4 Å². The summed E-state index contributed by atoms with van der Waals surface area (Å²) in [5.74, 6) is 0.825. The molecule has 1 aromatic carbocycles. The number of hydrogen-bond acceptors (Lipinski definition) is 6. The molecule has 0 saturated carbocycles. The van der Waals surface area contributed by atoms with Crippen molar-refractivity contribution in [1.82, 2.24) is 15.3 Å². The number of halogens is 1. The minimum absolute atomic E-state index is 0.0257. The van der Waals surface area contributed by atoms with Crippen LogP contribution in [0.5, 0.6) is 0 Å². The summed E-state index contributed by atoms with van der Waals surface area (Å²) in [5, 5.41) is 12.6. The van der Waals surface area contributed by atoms with Gasteiger partial charge >= 0.3 is 6.09 Å². The molecule has 1 fully saturated rings. The van der Waals surface area contributed by atoms with Gasteiger partial charge in [-0.2, -0.15) is 0 Å². The first-order valence-electron chi connectivity index (χ1n) is 8.62. The molecule has 7 nitrogen and oxygen atoms in total. The van der Waals surface area contributed by atoms with Crippen LogP contribution in [0.25, 0.3) is 0 Å². The number of carbonyl (C=O) groups is 1. The lowest BCUT2D eigenvalue weighted by molar-refractivity contribution is 0.178. The summed E-state index contributed by atoms with van der Waals surface area (Å²) < 4.78 is 0. The maximum atomic E-state index is 10.7. The van der Waals surface area contributed by atoms with Crippen molar-refractivity contribution in [2.75, 3.05) is 30.3 Å². The highest BCUT2D eigenvalue weighted by Gasteiger charge is 2.31. The minimum atomic E-state index is -0.974. The molecule has 0 aliphatic carbocycles. The van der Waals surface area contributed by atoms with Crippen molar-refractivity contribution in [3.05, 3.63) is 35.6 Å². The van der Waals surface area contributed by atoms with Crippen LogP contribution in [-0.4, -0.2) is 40.8 Å². The number of amides is 1. The maximum Gasteiger partial charge on any atom is 0.404 e. The Kier molecular flexibility index (Phi) is 5.96. The van der Waals surface area contributed by atoms with Crippen LogP contribution in [0, 0.1) is 5.41 Å². The van der Waals surface area contributed by atoms with Crippen LogP contribution in [0.1, 0.15) is 19.8 Å². The fourth-order valence-corrected chi connectivity index (χ4v) is 4.02. The Morgan fingerprint density at radius 3 is 2.74 bits per heavy atom. The van der Waals surface area contributed by atoms with Gasteiger partial charge in [-0.1, -0.05) is 36.4 Å². The molecule has 144 valence electrons. The lowest BCUT2D eigenvalue weighted by atomic mass is 9.80. The number of piperidine rings is 1. The van der Waals surface area contributed by atoms with E-state index in [9.17, 15) is 4.79 Å². The maximum absolute atomic E-state index is 10.7. The summed E-state index contributed by atoms with van der Waals surface area (Å²) in [6.45, 7) is 4.22. The van der Waals surface area contributed by atoms with Gasteiger partial charge < -0.3 is 21.1 Å². The number of nitrogens with zero attached hydrogens (tertiary/aromatic N) is 3. The zero-order chi connectivity index (χ0) is 19.4. The van der Waals surface area contributed by atoms with E-state index in [1.807, 2.05) is 12.1 Å². The number of carboxylic acid groups (broad SMARTS) is 1. The van der Waals surface area contributed by atoms with E-state index in [-0.39, 0.29) is 5.41 Å². The molecule has 9 heteroatoms. The van der Waals surface area contributed by atoms with Crippen molar-refractivity contribution in [3.63, 3.8) is 0 Å². The Hall–Kier alpha value is -2.19. The van der Waals surface area contributed by atoms with Gasteiger partial charge in [0.05, 0.1) is 23.1 Å². The smallest absolute Gasteiger partial charge is 0.404 e. The van der Waals surface area contributed by atoms with Gasteiger partial charge in [0.15, 0.2) is 0 Å². The first-order valence-corrected chi connectivity index (χ1v) is 9.81. The highest BCUT2D eigenvalue weighted by atomic mass is 35.5. The molecule has 0 spiro atoms. The van der Waals surface area contributed by atoms with Crippen LogP contribution in [0.15, 0.2) is 40.5 Å². The largest absolute Gasteiger partial charge is 0.465 e. The van der Waals surface area contributed by atoms with Gasteiger partial charge in [0, 0.05) is 24.5 Å². The number of nitrogens with one attached hydrogen (secondary N) is 1. The van der Waals surface area contributed by atoms with E-state index in [4.69, 9.17) is 22.4 Å². The van der Waals surface area contributed by atoms with Crippen molar-refractivity contribution >= 4 is 41.0 Å². The number of nitrogens with two attached hydrogens (primary N) is 1. The van der Waals surface area contributed by atoms with E-state index >= 15 is 0 Å². The van der Waals surface area contributed by atoms with Gasteiger partial charge in [-0.3, -0.25) is 0 Å². The standard InChI is InChI=1S/C18H22ClN5O2S/c1-18(11-23-17(25)26)5-7-24(8-6-18)14-9-22-15(10-21-14)27-13-4-2-3-12(20)16(13)19/h2-4,9-10,23H,5-8,11,20H2,1H3,(H,25,26). The third-order valence-electron chi connectivity index (χ3n) is 4.78. The van der Waals surface area contributed by atoms with Crippen molar-refractivity contribution in [1.29, 1.82) is 0 Å². The van der Waals surface area contributed by atoms with E-state index in [1.54, 1.807) is 18.5 Å². The zero-order valence-corrected chi connectivity index (χ0v) is 16.6. The van der Waals surface area contributed by atoms with Gasteiger partial charge in [0.25, 0.3) is 0 Å². The molecule has 2 heterocycles. The number of hydrogen-bond donors (Lipinski definition) is 3. The summed E-state index contributed by atoms with van der Waals surface area (Å²) in [4.78, 5) is 22.8. The molecule has 1 aromatic heterocycles. The van der Waals surface area contributed by atoms with E-state index in [1.165, 1.54) is 11.8 Å². The van der Waals surface area contributed by atoms with E-state index in [0.29, 0.717) is 17.3 Å². The van der Waals surface area contributed by atoms with Gasteiger partial charge in [-0.05, 0) is 30.4 Å². The van der Waals surface area contributed by atoms with Crippen molar-refractivity contribution in [2.45, 2.75) is 29.7 Å². The second-order valence-corrected chi connectivity index (χ2v) is 8.37. The molecule has 4 N–H and O–H groups in total. The van der Waals surface area contributed by atoms with Crippen LogP contribution < -0.4 is 16.0 Å². The lowest BCUT2D eigenvalue weighted by Gasteiger charge is -2.39. The second kappa shape index (κ2) is 8.22. The number of anilines is 2. The van der Waals surface area contributed by atoms with Crippen molar-refractivity contribution in [3.8, 4) is 0 Å². The number of rotatable bonds is 5. The summed E-state index contributed by atoms with van der Waals surface area (Å²) in [5.41, 5.74) is 6.35. The summed E-state index contributed by atoms with van der Waals surface area (Å²) in [7, 11) is 0. The molecule has 27 heavy (non-hydrogen) atoms. The van der Waals surface area contributed by atoms with Gasteiger partial charge in [-0.15, -0.1) is 0 Å². The van der Waals surface area contributed by atoms with Crippen LogP contribution in [0.3, 0.4) is 0 Å². The normalized spacial score (nSPS) is 16.1. The second-order valence-electron chi connectivity index (χ2n) is 6.93. The van der Waals surface area contributed by atoms with Gasteiger partial charge in [0.2, 0.25) is 0 Å². The zero-order valence-electron chi connectivity index (χ0n) is 15.0. The fraction of sp³-hybridized carbons (Fsp3) is 0.389. The van der Waals surface area contributed by atoms with Gasteiger partial charge in [-0.25, -0.2) is 14.8 Å². The summed E-state index contributed by atoms with van der Waals surface area (Å²) in [6.07, 6.45) is 4.31. The molecular weight excluding hydrogens is 386 g/mol. The van der Waals surface area contributed by atoms with Gasteiger partial charge in [0.1, 0.15) is 10.8 Å². The van der Waals surface area contributed by atoms with E-state index < -0.39 is 6.09 Å². The first kappa shape index (κ1) is 19.6. The summed E-state index contributed by atoms with van der Waals surface area (Å²) >= 11 is 7.65. The quantitative estimate of drug-likeness (QED) is 0.648. The minimum Gasteiger partial charge on any atom is -0.465 e. The first-order chi connectivity index (χ1) is 12.9. The predicted octanol–water partition coefficient (Wildman–Crippen LogP) is 3.74. The third kappa shape index (κ3) is 4.95. The molecule has 0 bridgehead atoms. The van der Waals surface area contributed by atoms with Crippen molar-refractivity contribution < 1.29 is 9.90 Å². The molecule has 1 aliphatic rings. The number of aromatic nitrogens is 2. The predicted molar refractivity (Wildman–Crippen MR) is 108 cm³/mol. The molecule has 2 aromatic rings. The number of nitrogen functional groups attached to an aromatic ring is 1. The molecule has 0 atom stereocenters. The van der Waals surface area contributed by atoms with Crippen LogP contribution in [-0.2, 0) is 0 Å². The van der Waals surface area contributed by atoms with Crippen LogP contribution in [0.4, 0.5) is 16.3 Å². The Balaban J connectivity index is 1.60. The van der Waals surface area contributed by atoms with Crippen LogP contribution in [0.2, 0.25) is 5.02 Å². The molecular formula is C18H22ClN5O2S. The van der Waals surface area contributed by atoms with E-state index in [2.05, 4.69) is 27.1 Å². The van der Waals surface area contributed by atoms with E-state index in [0.717, 1.165) is 41.7 Å². The lowest BCUT2D eigenvalue weighted by Crippen LogP contribution is -2.44. The average molecular weight is 408 g/mol. The Morgan fingerprint density at radius 1 is 1.37 bits per heavy atom. The molecule has 1 aliphatic heterocycles. The highest BCUT2D eigenvalue weighted by molar-refractivity contribution is 7.99. The Bertz CT molecular complexity index is 810. The fourth-order valence-electron chi connectivity index (χ4n) is 2.99. The topological polar surface area (TPSA) is 104 Å². The highest BCUT2D eigenvalue weighted by Crippen LogP contribution is 2.36.